The Kier molecular flexibility index (Phi) is 6.33. The molecule has 0 aromatic heterocycles. The Morgan fingerprint density at radius 2 is 1.76 bits per heavy atom. The van der Waals surface area contributed by atoms with E-state index in [0.29, 0.717) is 6.54 Å². The molecule has 0 radical (unpaired) electrons. The smallest absolute Gasteiger partial charge is 0.317 e. The van der Waals surface area contributed by atoms with Gasteiger partial charge in [-0.15, -0.1) is 0 Å². The van der Waals surface area contributed by atoms with Crippen LogP contribution < -0.4 is 5.32 Å². The lowest BCUT2D eigenvalue weighted by atomic mass is 9.87. The molecule has 1 aliphatic carbocycles. The highest BCUT2D eigenvalue weighted by Crippen LogP contribution is 2.26. The van der Waals surface area contributed by atoms with Crippen LogP contribution in [-0.2, 0) is 4.79 Å². The summed E-state index contributed by atoms with van der Waals surface area (Å²) >= 11 is 0. The van der Waals surface area contributed by atoms with Crippen molar-refractivity contribution in [2.75, 3.05) is 13.1 Å². The molecule has 21 heavy (non-hydrogen) atoms. The lowest BCUT2D eigenvalue weighted by Crippen LogP contribution is -2.49. The van der Waals surface area contributed by atoms with Gasteiger partial charge in [-0.3, -0.25) is 4.79 Å². The SMILES string of the molecule is O=C(O)CC1CCCCN1C(=O)NCCC1CCCCC1. The number of nitrogens with one attached hydrogen (secondary N) is 1. The van der Waals surface area contributed by atoms with E-state index >= 15 is 0 Å². The Balaban J connectivity index is 1.73. The Bertz CT molecular complexity index is 353. The number of rotatable bonds is 5. The van der Waals surface area contributed by atoms with E-state index in [1.807, 2.05) is 0 Å². The first-order chi connectivity index (χ1) is 10.2. The lowest BCUT2D eigenvalue weighted by Gasteiger charge is -2.35. The molecular weight excluding hydrogens is 268 g/mol. The molecule has 1 heterocycles. The minimum absolute atomic E-state index is 0.0655. The van der Waals surface area contributed by atoms with Gasteiger partial charge in [-0.05, 0) is 31.6 Å². The number of urea groups is 1. The van der Waals surface area contributed by atoms with E-state index in [0.717, 1.165) is 38.1 Å². The molecule has 2 rings (SSSR count). The van der Waals surface area contributed by atoms with Gasteiger partial charge in [0.25, 0.3) is 0 Å². The molecule has 5 heteroatoms. The number of carbonyl (C=O) groups is 2. The predicted molar refractivity (Wildman–Crippen MR) is 81.2 cm³/mol. The minimum Gasteiger partial charge on any atom is -0.481 e. The number of hydrogen-bond acceptors (Lipinski definition) is 2. The highest BCUT2D eigenvalue weighted by atomic mass is 16.4. The molecule has 1 aliphatic heterocycles. The second-order valence-electron chi connectivity index (χ2n) is 6.47. The third kappa shape index (κ3) is 5.21. The van der Waals surface area contributed by atoms with Crippen LogP contribution in [0.1, 0.15) is 64.2 Å². The molecule has 1 saturated heterocycles. The van der Waals surface area contributed by atoms with Crippen LogP contribution in [0.25, 0.3) is 0 Å². The summed E-state index contributed by atoms with van der Waals surface area (Å²) in [6, 6.07) is -0.206. The maximum Gasteiger partial charge on any atom is 0.317 e. The fourth-order valence-corrected chi connectivity index (χ4v) is 3.64. The number of carboxylic acids is 1. The normalized spacial score (nSPS) is 23.8. The lowest BCUT2D eigenvalue weighted by molar-refractivity contribution is -0.138. The topological polar surface area (TPSA) is 69.6 Å². The van der Waals surface area contributed by atoms with Crippen molar-refractivity contribution in [3.05, 3.63) is 0 Å². The third-order valence-electron chi connectivity index (χ3n) is 4.85. The molecule has 0 aromatic carbocycles. The summed E-state index contributed by atoms with van der Waals surface area (Å²) in [5, 5.41) is 12.0. The van der Waals surface area contributed by atoms with Crippen molar-refractivity contribution in [1.29, 1.82) is 0 Å². The van der Waals surface area contributed by atoms with Crippen LogP contribution in [0, 0.1) is 5.92 Å². The van der Waals surface area contributed by atoms with Gasteiger partial charge in [0.05, 0.1) is 6.42 Å². The summed E-state index contributed by atoms with van der Waals surface area (Å²) in [4.78, 5) is 24.9. The Morgan fingerprint density at radius 1 is 1.05 bits per heavy atom. The maximum atomic E-state index is 12.3. The maximum absolute atomic E-state index is 12.3. The summed E-state index contributed by atoms with van der Waals surface area (Å²) in [6.07, 6.45) is 10.5. The van der Waals surface area contributed by atoms with E-state index in [9.17, 15) is 9.59 Å². The Hall–Kier alpha value is -1.26. The molecule has 0 bridgehead atoms. The van der Waals surface area contributed by atoms with Crippen molar-refractivity contribution < 1.29 is 14.7 Å². The zero-order chi connectivity index (χ0) is 15.1. The van der Waals surface area contributed by atoms with Gasteiger partial charge in [-0.25, -0.2) is 4.79 Å². The molecule has 1 atom stereocenters. The van der Waals surface area contributed by atoms with Gasteiger partial charge in [-0.2, -0.15) is 0 Å². The van der Waals surface area contributed by atoms with Gasteiger partial charge in [0.15, 0.2) is 0 Å². The van der Waals surface area contributed by atoms with E-state index in [4.69, 9.17) is 5.11 Å². The number of carbonyl (C=O) groups excluding carboxylic acids is 1. The van der Waals surface area contributed by atoms with Crippen molar-refractivity contribution in [2.24, 2.45) is 5.92 Å². The van der Waals surface area contributed by atoms with Gasteiger partial charge >= 0.3 is 12.0 Å². The van der Waals surface area contributed by atoms with E-state index < -0.39 is 5.97 Å². The number of amides is 2. The zero-order valence-corrected chi connectivity index (χ0v) is 12.9. The predicted octanol–water partition coefficient (Wildman–Crippen LogP) is 3.00. The first-order valence-electron chi connectivity index (χ1n) is 8.43. The summed E-state index contributed by atoms with van der Waals surface area (Å²) in [5.41, 5.74) is 0. The fourth-order valence-electron chi connectivity index (χ4n) is 3.64. The molecule has 1 saturated carbocycles. The van der Waals surface area contributed by atoms with Gasteiger partial charge < -0.3 is 15.3 Å². The van der Waals surface area contributed by atoms with Crippen LogP contribution in [-0.4, -0.2) is 41.1 Å². The monoisotopic (exact) mass is 296 g/mol. The van der Waals surface area contributed by atoms with Crippen LogP contribution >= 0.6 is 0 Å². The van der Waals surface area contributed by atoms with Crippen molar-refractivity contribution in [1.82, 2.24) is 10.2 Å². The minimum atomic E-state index is -0.818. The van der Waals surface area contributed by atoms with Crippen molar-refractivity contribution >= 4 is 12.0 Å². The van der Waals surface area contributed by atoms with Crippen LogP contribution in [0.5, 0.6) is 0 Å². The quantitative estimate of drug-likeness (QED) is 0.819. The van der Waals surface area contributed by atoms with Crippen molar-refractivity contribution in [2.45, 2.75) is 70.3 Å². The molecule has 2 fully saturated rings. The fraction of sp³-hybridized carbons (Fsp3) is 0.875. The van der Waals surface area contributed by atoms with Gasteiger partial charge in [0, 0.05) is 19.1 Å². The van der Waals surface area contributed by atoms with Gasteiger partial charge in [0.2, 0.25) is 0 Å². The highest BCUT2D eigenvalue weighted by molar-refractivity contribution is 5.76. The molecule has 2 N–H and O–H groups in total. The number of carboxylic acid groups (broad SMARTS) is 1. The largest absolute Gasteiger partial charge is 0.481 e. The van der Waals surface area contributed by atoms with Crippen LogP contribution in [0.15, 0.2) is 0 Å². The summed E-state index contributed by atoms with van der Waals surface area (Å²) < 4.78 is 0. The van der Waals surface area contributed by atoms with E-state index in [1.54, 1.807) is 4.90 Å². The summed E-state index contributed by atoms with van der Waals surface area (Å²) in [6.45, 7) is 1.41. The molecule has 2 amide bonds. The first-order valence-corrected chi connectivity index (χ1v) is 8.43. The molecular formula is C16H28N2O3. The number of aliphatic carboxylic acids is 1. The second-order valence-corrected chi connectivity index (χ2v) is 6.47. The Labute approximate surface area is 127 Å². The first kappa shape index (κ1) is 16.1. The average Bonchev–Trinajstić information content (AvgIpc) is 2.48. The number of piperidine rings is 1. The molecule has 0 spiro atoms. The van der Waals surface area contributed by atoms with E-state index in [2.05, 4.69) is 5.32 Å². The highest BCUT2D eigenvalue weighted by Gasteiger charge is 2.28. The molecule has 2 aliphatic rings. The van der Waals surface area contributed by atoms with Crippen LogP contribution in [0.2, 0.25) is 0 Å². The molecule has 5 nitrogen and oxygen atoms in total. The van der Waals surface area contributed by atoms with E-state index in [-0.39, 0.29) is 18.5 Å². The van der Waals surface area contributed by atoms with Gasteiger partial charge in [-0.1, -0.05) is 32.1 Å². The standard InChI is InChI=1S/C16H28N2O3/c19-15(20)12-14-8-4-5-11-18(14)16(21)17-10-9-13-6-2-1-3-7-13/h13-14H,1-12H2,(H,17,21)(H,19,20). The summed E-state index contributed by atoms with van der Waals surface area (Å²) in [7, 11) is 0. The average molecular weight is 296 g/mol. The van der Waals surface area contributed by atoms with E-state index in [1.165, 1.54) is 32.1 Å². The third-order valence-corrected chi connectivity index (χ3v) is 4.85. The van der Waals surface area contributed by atoms with Crippen LogP contribution in [0.4, 0.5) is 4.79 Å². The summed E-state index contributed by atoms with van der Waals surface area (Å²) in [5.74, 6) is -0.0582. The number of hydrogen-bond donors (Lipinski definition) is 2. The van der Waals surface area contributed by atoms with Crippen LogP contribution in [0.3, 0.4) is 0 Å². The van der Waals surface area contributed by atoms with Gasteiger partial charge in [0.1, 0.15) is 0 Å². The van der Waals surface area contributed by atoms with Crippen molar-refractivity contribution in [3.63, 3.8) is 0 Å². The molecule has 120 valence electrons. The number of nitrogens with zero attached hydrogens (tertiary/aromatic N) is 1. The number of likely N-dealkylation sites (tertiary alicyclic amines) is 1. The Morgan fingerprint density at radius 3 is 2.48 bits per heavy atom. The molecule has 1 unspecified atom stereocenters. The molecule has 0 aromatic rings. The van der Waals surface area contributed by atoms with Crippen molar-refractivity contribution in [3.8, 4) is 0 Å². The zero-order valence-electron chi connectivity index (χ0n) is 12.9. The second kappa shape index (κ2) is 8.25.